The van der Waals surface area contributed by atoms with Crippen LogP contribution in [0.3, 0.4) is 0 Å². The lowest BCUT2D eigenvalue weighted by molar-refractivity contribution is 0.477. The fourth-order valence-corrected chi connectivity index (χ4v) is 1.94. The van der Waals surface area contributed by atoms with Crippen LogP contribution in [0.5, 0.6) is 0 Å². The van der Waals surface area contributed by atoms with Crippen LogP contribution in [0.25, 0.3) is 0 Å². The lowest BCUT2D eigenvalue weighted by atomic mass is 10.1. The summed E-state index contributed by atoms with van der Waals surface area (Å²) in [6, 6.07) is 2.51. The molecule has 2 rings (SSSR count). The first-order valence-electron chi connectivity index (χ1n) is 5.53. The van der Waals surface area contributed by atoms with E-state index in [0.29, 0.717) is 6.04 Å². The van der Waals surface area contributed by atoms with Crippen LogP contribution in [0.2, 0.25) is 0 Å². The molecule has 0 atom stereocenters. The minimum atomic E-state index is 0.521. The molecule has 1 fully saturated rings. The summed E-state index contributed by atoms with van der Waals surface area (Å²) in [5.74, 6) is 0.777. The summed E-state index contributed by atoms with van der Waals surface area (Å²) in [5.41, 5.74) is 2.05. The van der Waals surface area contributed by atoms with Crippen LogP contribution in [0.4, 0.5) is 5.95 Å². The number of hydrogen-bond acceptors (Lipinski definition) is 4. The SMILES string of the molecule is Cc1cc(C)nc(NC2CCNCC2)n1. The van der Waals surface area contributed by atoms with Crippen molar-refractivity contribution in [3.63, 3.8) is 0 Å². The topological polar surface area (TPSA) is 49.8 Å². The molecule has 2 N–H and O–H groups in total. The minimum absolute atomic E-state index is 0.521. The molecule has 1 aromatic heterocycles. The van der Waals surface area contributed by atoms with Crippen molar-refractivity contribution in [1.29, 1.82) is 0 Å². The fourth-order valence-electron chi connectivity index (χ4n) is 1.94. The van der Waals surface area contributed by atoms with E-state index in [1.165, 1.54) is 0 Å². The van der Waals surface area contributed by atoms with Crippen LogP contribution in [-0.2, 0) is 0 Å². The highest BCUT2D eigenvalue weighted by Gasteiger charge is 2.13. The summed E-state index contributed by atoms with van der Waals surface area (Å²) < 4.78 is 0. The van der Waals surface area contributed by atoms with Crippen molar-refractivity contribution in [2.75, 3.05) is 18.4 Å². The van der Waals surface area contributed by atoms with E-state index >= 15 is 0 Å². The molecule has 1 aliphatic heterocycles. The third kappa shape index (κ3) is 2.89. The molecular weight excluding hydrogens is 188 g/mol. The first-order chi connectivity index (χ1) is 7.24. The number of piperidine rings is 1. The third-order valence-electron chi connectivity index (χ3n) is 2.65. The Morgan fingerprint density at radius 1 is 1.20 bits per heavy atom. The Hall–Kier alpha value is -1.16. The van der Waals surface area contributed by atoms with Crippen LogP contribution in [0.1, 0.15) is 24.2 Å². The lowest BCUT2D eigenvalue weighted by Gasteiger charge is -2.23. The van der Waals surface area contributed by atoms with Crippen LogP contribution >= 0.6 is 0 Å². The summed E-state index contributed by atoms with van der Waals surface area (Å²) in [7, 11) is 0. The van der Waals surface area contributed by atoms with Crippen LogP contribution < -0.4 is 10.6 Å². The van der Waals surface area contributed by atoms with Gasteiger partial charge in [-0.25, -0.2) is 9.97 Å². The molecule has 4 nitrogen and oxygen atoms in total. The Kier molecular flexibility index (Phi) is 3.16. The predicted octanol–water partition coefficient (Wildman–Crippen LogP) is 1.26. The molecule has 0 aliphatic carbocycles. The molecule has 1 saturated heterocycles. The Labute approximate surface area is 90.5 Å². The molecule has 0 spiro atoms. The van der Waals surface area contributed by atoms with Gasteiger partial charge in [0, 0.05) is 17.4 Å². The van der Waals surface area contributed by atoms with E-state index in [-0.39, 0.29) is 0 Å². The second-order valence-electron chi connectivity index (χ2n) is 4.14. The molecule has 0 bridgehead atoms. The molecule has 1 aromatic rings. The second-order valence-corrected chi connectivity index (χ2v) is 4.14. The zero-order valence-corrected chi connectivity index (χ0v) is 9.38. The van der Waals surface area contributed by atoms with E-state index in [2.05, 4.69) is 20.6 Å². The van der Waals surface area contributed by atoms with Crippen molar-refractivity contribution in [1.82, 2.24) is 15.3 Å². The molecular formula is C11H18N4. The summed E-state index contributed by atoms with van der Waals surface area (Å²) in [6.07, 6.45) is 2.30. The quantitative estimate of drug-likeness (QED) is 0.765. The second kappa shape index (κ2) is 4.57. The van der Waals surface area contributed by atoms with Crippen molar-refractivity contribution in [3.05, 3.63) is 17.5 Å². The van der Waals surface area contributed by atoms with E-state index < -0.39 is 0 Å². The Balaban J connectivity index is 2.02. The van der Waals surface area contributed by atoms with Crippen molar-refractivity contribution in [2.24, 2.45) is 0 Å². The molecule has 1 aliphatic rings. The van der Waals surface area contributed by atoms with Crippen LogP contribution in [-0.4, -0.2) is 29.1 Å². The van der Waals surface area contributed by atoms with Gasteiger partial charge in [-0.05, 0) is 45.8 Å². The van der Waals surface area contributed by atoms with E-state index in [1.807, 2.05) is 19.9 Å². The largest absolute Gasteiger partial charge is 0.351 e. The van der Waals surface area contributed by atoms with Gasteiger partial charge >= 0.3 is 0 Å². The van der Waals surface area contributed by atoms with Crippen molar-refractivity contribution >= 4 is 5.95 Å². The highest BCUT2D eigenvalue weighted by molar-refractivity contribution is 5.29. The van der Waals surface area contributed by atoms with Gasteiger partial charge in [-0.15, -0.1) is 0 Å². The van der Waals surface area contributed by atoms with Crippen molar-refractivity contribution < 1.29 is 0 Å². The van der Waals surface area contributed by atoms with Crippen molar-refractivity contribution in [2.45, 2.75) is 32.7 Å². The fraction of sp³-hybridized carbons (Fsp3) is 0.636. The van der Waals surface area contributed by atoms with Gasteiger partial charge in [-0.2, -0.15) is 0 Å². The van der Waals surface area contributed by atoms with Crippen molar-refractivity contribution in [3.8, 4) is 0 Å². The molecule has 0 unspecified atom stereocenters. The number of nitrogens with zero attached hydrogens (tertiary/aromatic N) is 2. The van der Waals surface area contributed by atoms with Gasteiger partial charge in [0.1, 0.15) is 0 Å². The van der Waals surface area contributed by atoms with Gasteiger partial charge in [0.05, 0.1) is 0 Å². The van der Waals surface area contributed by atoms with Gasteiger partial charge in [0.15, 0.2) is 0 Å². The van der Waals surface area contributed by atoms with Gasteiger partial charge in [0.25, 0.3) is 0 Å². The molecule has 82 valence electrons. The molecule has 0 radical (unpaired) electrons. The lowest BCUT2D eigenvalue weighted by Crippen LogP contribution is -2.35. The summed E-state index contributed by atoms with van der Waals surface area (Å²) in [4.78, 5) is 8.77. The van der Waals surface area contributed by atoms with E-state index in [9.17, 15) is 0 Å². The third-order valence-corrected chi connectivity index (χ3v) is 2.65. The predicted molar refractivity (Wildman–Crippen MR) is 61.0 cm³/mol. The Morgan fingerprint density at radius 3 is 2.40 bits per heavy atom. The van der Waals surface area contributed by atoms with Gasteiger partial charge in [0.2, 0.25) is 5.95 Å². The van der Waals surface area contributed by atoms with E-state index in [1.54, 1.807) is 0 Å². The van der Waals surface area contributed by atoms with Gasteiger partial charge in [-0.1, -0.05) is 0 Å². The first kappa shape index (κ1) is 10.4. The molecule has 4 heteroatoms. The molecule has 0 saturated carbocycles. The highest BCUT2D eigenvalue weighted by Crippen LogP contribution is 2.10. The van der Waals surface area contributed by atoms with Crippen LogP contribution in [0, 0.1) is 13.8 Å². The summed E-state index contributed by atoms with van der Waals surface area (Å²) in [6.45, 7) is 6.18. The van der Waals surface area contributed by atoms with E-state index in [0.717, 1.165) is 43.3 Å². The van der Waals surface area contributed by atoms with Crippen LogP contribution in [0.15, 0.2) is 6.07 Å². The average Bonchev–Trinajstić information content (AvgIpc) is 2.17. The van der Waals surface area contributed by atoms with Gasteiger partial charge < -0.3 is 10.6 Å². The average molecular weight is 206 g/mol. The Bertz CT molecular complexity index is 311. The molecule has 15 heavy (non-hydrogen) atoms. The number of hydrogen-bond donors (Lipinski definition) is 2. The maximum absolute atomic E-state index is 4.39. The summed E-state index contributed by atoms with van der Waals surface area (Å²) >= 11 is 0. The standard InChI is InChI=1S/C11H18N4/c1-8-7-9(2)14-11(13-8)15-10-3-5-12-6-4-10/h7,10,12H,3-6H2,1-2H3,(H,13,14,15). The number of anilines is 1. The summed E-state index contributed by atoms with van der Waals surface area (Å²) in [5, 5.41) is 6.74. The number of aromatic nitrogens is 2. The number of nitrogens with one attached hydrogen (secondary N) is 2. The first-order valence-corrected chi connectivity index (χ1v) is 5.53. The molecule has 0 amide bonds. The highest BCUT2D eigenvalue weighted by atomic mass is 15.1. The number of rotatable bonds is 2. The smallest absolute Gasteiger partial charge is 0.223 e. The van der Waals surface area contributed by atoms with Gasteiger partial charge in [-0.3, -0.25) is 0 Å². The normalized spacial score (nSPS) is 17.7. The minimum Gasteiger partial charge on any atom is -0.351 e. The monoisotopic (exact) mass is 206 g/mol. The maximum Gasteiger partial charge on any atom is 0.223 e. The Morgan fingerprint density at radius 2 is 1.80 bits per heavy atom. The van der Waals surface area contributed by atoms with E-state index in [4.69, 9.17) is 0 Å². The zero-order valence-electron chi connectivity index (χ0n) is 9.38. The molecule has 2 heterocycles. The molecule has 0 aromatic carbocycles. The number of aryl methyl sites for hydroxylation is 2. The maximum atomic E-state index is 4.39. The zero-order chi connectivity index (χ0) is 10.7.